The van der Waals surface area contributed by atoms with Gasteiger partial charge in [0, 0.05) is 31.3 Å². The summed E-state index contributed by atoms with van der Waals surface area (Å²) in [7, 11) is 0. The number of furan rings is 1. The molecule has 0 aliphatic carbocycles. The molecule has 0 saturated carbocycles. The number of aryl methyl sites for hydroxylation is 1. The Morgan fingerprint density at radius 3 is 3.16 bits per heavy atom. The predicted molar refractivity (Wildman–Crippen MR) is 93.0 cm³/mol. The maximum atomic E-state index is 12.4. The van der Waals surface area contributed by atoms with Crippen LogP contribution in [0, 0.1) is 12.8 Å². The Labute approximate surface area is 146 Å². The molecule has 3 heterocycles. The molecule has 1 aliphatic rings. The van der Waals surface area contributed by atoms with Gasteiger partial charge in [-0.3, -0.25) is 14.5 Å². The zero-order valence-corrected chi connectivity index (χ0v) is 14.5. The summed E-state index contributed by atoms with van der Waals surface area (Å²) in [6.07, 6.45) is 4.10. The van der Waals surface area contributed by atoms with Gasteiger partial charge in [0.2, 0.25) is 5.91 Å². The standard InChI is InChI=1S/C18H24N4O3/c1-13-10-17(23)21-16(20-13)6-7-19-18(24)14-4-2-8-22(11-14)12-15-5-3-9-25-15/h3,5,9-10,14H,2,4,6-8,11-12H2,1H3,(H,19,24)(H,20,21,23). The van der Waals surface area contributed by atoms with Gasteiger partial charge < -0.3 is 14.7 Å². The van der Waals surface area contributed by atoms with Crippen molar-refractivity contribution >= 4 is 5.91 Å². The molecule has 1 aliphatic heterocycles. The van der Waals surface area contributed by atoms with E-state index < -0.39 is 0 Å². The summed E-state index contributed by atoms with van der Waals surface area (Å²) in [5, 5.41) is 2.97. The molecule has 2 aromatic rings. The first-order valence-electron chi connectivity index (χ1n) is 8.69. The summed E-state index contributed by atoms with van der Waals surface area (Å²) < 4.78 is 5.39. The molecule has 134 valence electrons. The number of hydrogen-bond acceptors (Lipinski definition) is 5. The molecule has 1 saturated heterocycles. The van der Waals surface area contributed by atoms with Crippen molar-refractivity contribution in [2.45, 2.75) is 32.7 Å². The molecular formula is C18H24N4O3. The van der Waals surface area contributed by atoms with Crippen molar-refractivity contribution in [3.8, 4) is 0 Å². The van der Waals surface area contributed by atoms with E-state index in [0.29, 0.717) is 24.5 Å². The second kappa shape index (κ2) is 8.11. The van der Waals surface area contributed by atoms with E-state index in [2.05, 4.69) is 20.2 Å². The fourth-order valence-corrected chi connectivity index (χ4v) is 3.24. The van der Waals surface area contributed by atoms with Crippen molar-refractivity contribution in [3.63, 3.8) is 0 Å². The average Bonchev–Trinajstić information content (AvgIpc) is 3.07. The number of aromatic nitrogens is 2. The van der Waals surface area contributed by atoms with Crippen LogP contribution in [0.15, 0.2) is 33.7 Å². The van der Waals surface area contributed by atoms with E-state index in [0.717, 1.165) is 38.2 Å². The summed E-state index contributed by atoms with van der Waals surface area (Å²) in [4.78, 5) is 33.1. The lowest BCUT2D eigenvalue weighted by atomic mass is 9.97. The Hall–Kier alpha value is -2.41. The van der Waals surface area contributed by atoms with Crippen LogP contribution in [0.25, 0.3) is 0 Å². The highest BCUT2D eigenvalue weighted by atomic mass is 16.3. The van der Waals surface area contributed by atoms with Gasteiger partial charge in [-0.05, 0) is 38.4 Å². The number of aromatic amines is 1. The van der Waals surface area contributed by atoms with Gasteiger partial charge in [-0.15, -0.1) is 0 Å². The second-order valence-corrected chi connectivity index (χ2v) is 6.53. The zero-order valence-electron chi connectivity index (χ0n) is 14.5. The highest BCUT2D eigenvalue weighted by Crippen LogP contribution is 2.19. The van der Waals surface area contributed by atoms with Crippen LogP contribution >= 0.6 is 0 Å². The van der Waals surface area contributed by atoms with E-state index in [9.17, 15) is 9.59 Å². The SMILES string of the molecule is Cc1cc(=O)[nH]c(CCNC(=O)C2CCCN(Cc3ccco3)C2)n1. The first-order chi connectivity index (χ1) is 12.1. The first kappa shape index (κ1) is 17.4. The smallest absolute Gasteiger partial charge is 0.251 e. The van der Waals surface area contributed by atoms with E-state index in [1.807, 2.05) is 12.1 Å². The maximum Gasteiger partial charge on any atom is 0.251 e. The van der Waals surface area contributed by atoms with E-state index in [1.54, 1.807) is 13.2 Å². The third kappa shape index (κ3) is 5.03. The van der Waals surface area contributed by atoms with E-state index >= 15 is 0 Å². The molecule has 25 heavy (non-hydrogen) atoms. The fourth-order valence-electron chi connectivity index (χ4n) is 3.24. The van der Waals surface area contributed by atoms with Crippen LogP contribution in [0.2, 0.25) is 0 Å². The first-order valence-corrected chi connectivity index (χ1v) is 8.69. The maximum absolute atomic E-state index is 12.4. The molecule has 0 radical (unpaired) electrons. The van der Waals surface area contributed by atoms with E-state index in [-0.39, 0.29) is 17.4 Å². The zero-order chi connectivity index (χ0) is 17.6. The van der Waals surface area contributed by atoms with E-state index in [1.165, 1.54) is 6.07 Å². The number of piperidine rings is 1. The van der Waals surface area contributed by atoms with Crippen molar-refractivity contribution in [2.75, 3.05) is 19.6 Å². The monoisotopic (exact) mass is 344 g/mol. The molecule has 1 amide bonds. The van der Waals surface area contributed by atoms with Crippen molar-refractivity contribution in [1.82, 2.24) is 20.2 Å². The van der Waals surface area contributed by atoms with Crippen LogP contribution in [0.5, 0.6) is 0 Å². The van der Waals surface area contributed by atoms with Gasteiger partial charge in [0.15, 0.2) is 0 Å². The Morgan fingerprint density at radius 1 is 1.52 bits per heavy atom. The number of carbonyl (C=O) groups excluding carboxylic acids is 1. The number of nitrogens with one attached hydrogen (secondary N) is 2. The Morgan fingerprint density at radius 2 is 2.40 bits per heavy atom. The number of nitrogens with zero attached hydrogens (tertiary/aromatic N) is 2. The second-order valence-electron chi connectivity index (χ2n) is 6.53. The topological polar surface area (TPSA) is 91.2 Å². The molecule has 1 unspecified atom stereocenters. The number of amides is 1. The Kier molecular flexibility index (Phi) is 5.65. The van der Waals surface area contributed by atoms with Crippen molar-refractivity contribution < 1.29 is 9.21 Å². The van der Waals surface area contributed by atoms with Crippen LogP contribution < -0.4 is 10.9 Å². The summed E-state index contributed by atoms with van der Waals surface area (Å²) >= 11 is 0. The van der Waals surface area contributed by atoms with Crippen LogP contribution in [0.4, 0.5) is 0 Å². The molecule has 2 aromatic heterocycles. The van der Waals surface area contributed by atoms with Gasteiger partial charge in [-0.25, -0.2) is 4.98 Å². The normalized spacial score (nSPS) is 18.2. The molecule has 2 N–H and O–H groups in total. The van der Waals surface area contributed by atoms with E-state index in [4.69, 9.17) is 4.42 Å². The minimum Gasteiger partial charge on any atom is -0.468 e. The molecule has 7 heteroatoms. The van der Waals surface area contributed by atoms with Crippen molar-refractivity contribution in [1.29, 1.82) is 0 Å². The van der Waals surface area contributed by atoms with Gasteiger partial charge in [0.05, 0.1) is 18.7 Å². The van der Waals surface area contributed by atoms with Crippen LogP contribution in [-0.4, -0.2) is 40.4 Å². The lowest BCUT2D eigenvalue weighted by Gasteiger charge is -2.31. The van der Waals surface area contributed by atoms with Gasteiger partial charge in [-0.1, -0.05) is 0 Å². The molecule has 1 atom stereocenters. The van der Waals surface area contributed by atoms with Gasteiger partial charge in [0.25, 0.3) is 5.56 Å². The number of likely N-dealkylation sites (tertiary alicyclic amines) is 1. The lowest BCUT2D eigenvalue weighted by Crippen LogP contribution is -2.43. The molecule has 0 spiro atoms. The van der Waals surface area contributed by atoms with Gasteiger partial charge in [-0.2, -0.15) is 0 Å². The van der Waals surface area contributed by atoms with Gasteiger partial charge >= 0.3 is 0 Å². The van der Waals surface area contributed by atoms with Gasteiger partial charge in [0.1, 0.15) is 11.6 Å². The minimum atomic E-state index is -0.158. The van der Waals surface area contributed by atoms with Crippen LogP contribution in [-0.2, 0) is 17.8 Å². The van der Waals surface area contributed by atoms with Crippen molar-refractivity contribution in [3.05, 3.63) is 52.1 Å². The average molecular weight is 344 g/mol. The summed E-state index contributed by atoms with van der Waals surface area (Å²) in [5.74, 6) is 1.59. The quantitative estimate of drug-likeness (QED) is 0.823. The number of hydrogen-bond donors (Lipinski definition) is 2. The van der Waals surface area contributed by atoms with Crippen LogP contribution in [0.1, 0.15) is 30.1 Å². The minimum absolute atomic E-state index is 0.00627. The molecule has 0 aromatic carbocycles. The number of H-pyrrole nitrogens is 1. The van der Waals surface area contributed by atoms with Crippen molar-refractivity contribution in [2.24, 2.45) is 5.92 Å². The number of carbonyl (C=O) groups is 1. The molecule has 0 bridgehead atoms. The molecule has 7 nitrogen and oxygen atoms in total. The Bertz CT molecular complexity index is 754. The summed E-state index contributed by atoms with van der Waals surface area (Å²) in [5.41, 5.74) is 0.528. The highest BCUT2D eigenvalue weighted by molar-refractivity contribution is 5.78. The Balaban J connectivity index is 1.46. The summed E-state index contributed by atoms with van der Waals surface area (Å²) in [6, 6.07) is 5.30. The summed E-state index contributed by atoms with van der Waals surface area (Å²) in [6.45, 7) is 4.73. The highest BCUT2D eigenvalue weighted by Gasteiger charge is 2.25. The largest absolute Gasteiger partial charge is 0.468 e. The predicted octanol–water partition coefficient (Wildman–Crippen LogP) is 1.24. The molecule has 1 fully saturated rings. The fraction of sp³-hybridized carbons (Fsp3) is 0.500. The third-order valence-electron chi connectivity index (χ3n) is 4.42. The van der Waals surface area contributed by atoms with Crippen LogP contribution in [0.3, 0.4) is 0 Å². The molecule has 3 rings (SSSR count). The third-order valence-corrected chi connectivity index (χ3v) is 4.42. The molecular weight excluding hydrogens is 320 g/mol. The number of rotatable bonds is 6. The lowest BCUT2D eigenvalue weighted by molar-refractivity contribution is -0.126.